The van der Waals surface area contributed by atoms with Gasteiger partial charge in [0.25, 0.3) is 5.91 Å². The van der Waals surface area contributed by atoms with E-state index in [4.69, 9.17) is 4.74 Å². The van der Waals surface area contributed by atoms with Gasteiger partial charge in [-0.05, 0) is 22.4 Å². The van der Waals surface area contributed by atoms with Crippen LogP contribution in [0.5, 0.6) is 0 Å². The number of hydrogen-bond donors (Lipinski definition) is 1. The smallest absolute Gasteiger partial charge is 0.251 e. The third-order valence-electron chi connectivity index (χ3n) is 2.80. The number of rotatable bonds is 3. The molecule has 0 spiro atoms. The van der Waals surface area contributed by atoms with Gasteiger partial charge in [-0.1, -0.05) is 30.3 Å². The van der Waals surface area contributed by atoms with Gasteiger partial charge in [-0.2, -0.15) is 0 Å². The third kappa shape index (κ3) is 2.15. The van der Waals surface area contributed by atoms with E-state index >= 15 is 0 Å². The van der Waals surface area contributed by atoms with Crippen LogP contribution < -0.4 is 5.32 Å². The van der Waals surface area contributed by atoms with Crippen LogP contribution in [0, 0.1) is 0 Å². The van der Waals surface area contributed by atoms with Crippen LogP contribution in [0.15, 0.2) is 36.4 Å². The molecule has 0 saturated heterocycles. The number of carbonyl (C=O) groups is 1. The molecule has 1 amide bonds. The molecule has 0 aliphatic heterocycles. The lowest BCUT2D eigenvalue weighted by atomic mass is 9.99. The fraction of sp³-hybridized carbons (Fsp3) is 0.214. The van der Waals surface area contributed by atoms with Crippen LogP contribution in [0.25, 0.3) is 10.8 Å². The van der Waals surface area contributed by atoms with E-state index in [0.29, 0.717) is 12.2 Å². The van der Waals surface area contributed by atoms with E-state index < -0.39 is 0 Å². The first kappa shape index (κ1) is 11.6. The minimum absolute atomic E-state index is 0.0807. The minimum Gasteiger partial charge on any atom is -0.380 e. The highest BCUT2D eigenvalue weighted by molar-refractivity contribution is 6.01. The molecule has 0 fully saturated rings. The first-order chi connectivity index (χ1) is 8.27. The summed E-state index contributed by atoms with van der Waals surface area (Å²) in [5, 5.41) is 4.83. The van der Waals surface area contributed by atoms with Crippen molar-refractivity contribution < 1.29 is 9.53 Å². The molecular formula is C14H15NO2. The maximum Gasteiger partial charge on any atom is 0.251 e. The van der Waals surface area contributed by atoms with Crippen molar-refractivity contribution in [1.29, 1.82) is 0 Å². The van der Waals surface area contributed by atoms with E-state index in [1.807, 2.05) is 36.4 Å². The molecule has 0 aliphatic rings. The fourth-order valence-electron chi connectivity index (χ4n) is 1.98. The molecule has 0 heterocycles. The van der Waals surface area contributed by atoms with E-state index in [1.54, 1.807) is 14.2 Å². The molecule has 0 radical (unpaired) electrons. The van der Waals surface area contributed by atoms with E-state index in [9.17, 15) is 4.79 Å². The molecule has 3 heteroatoms. The lowest BCUT2D eigenvalue weighted by molar-refractivity contribution is 0.0958. The number of fused-ring (bicyclic) bond motifs is 1. The predicted molar refractivity (Wildman–Crippen MR) is 68.1 cm³/mol. The van der Waals surface area contributed by atoms with Crippen LogP contribution in [0.3, 0.4) is 0 Å². The molecular weight excluding hydrogens is 214 g/mol. The minimum atomic E-state index is -0.0807. The number of ether oxygens (including phenoxy) is 1. The Morgan fingerprint density at radius 3 is 2.71 bits per heavy atom. The van der Waals surface area contributed by atoms with Gasteiger partial charge in [0.05, 0.1) is 6.61 Å². The van der Waals surface area contributed by atoms with Gasteiger partial charge in [-0.15, -0.1) is 0 Å². The van der Waals surface area contributed by atoms with Gasteiger partial charge in [0.2, 0.25) is 0 Å². The summed E-state index contributed by atoms with van der Waals surface area (Å²) < 4.78 is 5.19. The maximum absolute atomic E-state index is 11.8. The topological polar surface area (TPSA) is 38.3 Å². The van der Waals surface area contributed by atoms with Crippen molar-refractivity contribution in [2.45, 2.75) is 6.61 Å². The summed E-state index contributed by atoms with van der Waals surface area (Å²) in [6.07, 6.45) is 0. The lowest BCUT2D eigenvalue weighted by Crippen LogP contribution is -2.19. The van der Waals surface area contributed by atoms with Gasteiger partial charge < -0.3 is 10.1 Å². The lowest BCUT2D eigenvalue weighted by Gasteiger charge is -2.11. The highest BCUT2D eigenvalue weighted by Gasteiger charge is 2.12. The first-order valence-electron chi connectivity index (χ1n) is 5.49. The van der Waals surface area contributed by atoms with Gasteiger partial charge in [-0.25, -0.2) is 0 Å². The van der Waals surface area contributed by atoms with E-state index in [0.717, 1.165) is 16.3 Å². The standard InChI is InChI=1S/C14H15NO2/c1-15-14(16)12-8-7-10-5-3-4-6-11(10)13(12)9-17-2/h3-8H,9H2,1-2H3,(H,15,16). The molecule has 0 atom stereocenters. The molecule has 1 N–H and O–H groups in total. The second-order valence-corrected chi connectivity index (χ2v) is 3.82. The van der Waals surface area contributed by atoms with Crippen molar-refractivity contribution in [3.8, 4) is 0 Å². The Bertz CT molecular complexity index is 549. The number of hydrogen-bond acceptors (Lipinski definition) is 2. The highest BCUT2D eigenvalue weighted by atomic mass is 16.5. The van der Waals surface area contributed by atoms with Crippen molar-refractivity contribution in [2.24, 2.45) is 0 Å². The Kier molecular flexibility index (Phi) is 3.40. The second kappa shape index (κ2) is 4.97. The van der Waals surface area contributed by atoms with Crippen LogP contribution in [-0.4, -0.2) is 20.1 Å². The second-order valence-electron chi connectivity index (χ2n) is 3.82. The van der Waals surface area contributed by atoms with Gasteiger partial charge in [0.1, 0.15) is 0 Å². The van der Waals surface area contributed by atoms with E-state index in [-0.39, 0.29) is 5.91 Å². The summed E-state index contributed by atoms with van der Waals surface area (Å²) in [6.45, 7) is 0.435. The summed E-state index contributed by atoms with van der Waals surface area (Å²) in [5.74, 6) is -0.0807. The zero-order valence-electron chi connectivity index (χ0n) is 9.99. The number of amides is 1. The number of benzene rings is 2. The molecule has 88 valence electrons. The Hall–Kier alpha value is -1.87. The first-order valence-corrected chi connectivity index (χ1v) is 5.49. The zero-order valence-corrected chi connectivity index (χ0v) is 9.99. The molecule has 2 aromatic carbocycles. The van der Waals surface area contributed by atoms with Crippen molar-refractivity contribution in [3.63, 3.8) is 0 Å². The van der Waals surface area contributed by atoms with Crippen molar-refractivity contribution >= 4 is 16.7 Å². The van der Waals surface area contributed by atoms with Crippen LogP contribution in [0.2, 0.25) is 0 Å². The van der Waals surface area contributed by atoms with Crippen molar-refractivity contribution in [2.75, 3.05) is 14.2 Å². The van der Waals surface area contributed by atoms with Gasteiger partial charge in [0, 0.05) is 19.7 Å². The number of carbonyl (C=O) groups excluding carboxylic acids is 1. The molecule has 2 rings (SSSR count). The Morgan fingerprint density at radius 2 is 2.00 bits per heavy atom. The SMILES string of the molecule is CNC(=O)c1ccc2ccccc2c1COC. The molecule has 0 bridgehead atoms. The molecule has 3 nitrogen and oxygen atoms in total. The summed E-state index contributed by atoms with van der Waals surface area (Å²) in [6, 6.07) is 11.8. The van der Waals surface area contributed by atoms with Gasteiger partial charge >= 0.3 is 0 Å². The van der Waals surface area contributed by atoms with Crippen LogP contribution in [0.4, 0.5) is 0 Å². The normalized spacial score (nSPS) is 10.5. The van der Waals surface area contributed by atoms with Crippen molar-refractivity contribution in [3.05, 3.63) is 47.5 Å². The molecule has 0 saturated carbocycles. The zero-order chi connectivity index (χ0) is 12.3. The molecule has 0 aliphatic carbocycles. The predicted octanol–water partition coefficient (Wildman–Crippen LogP) is 2.35. The monoisotopic (exact) mass is 229 g/mol. The van der Waals surface area contributed by atoms with E-state index in [2.05, 4.69) is 5.32 Å². The van der Waals surface area contributed by atoms with Crippen LogP contribution in [0.1, 0.15) is 15.9 Å². The molecule has 2 aromatic rings. The van der Waals surface area contributed by atoms with Crippen LogP contribution in [-0.2, 0) is 11.3 Å². The Balaban J connectivity index is 2.68. The quantitative estimate of drug-likeness (QED) is 0.877. The average Bonchev–Trinajstić information content (AvgIpc) is 2.38. The highest BCUT2D eigenvalue weighted by Crippen LogP contribution is 2.23. The Morgan fingerprint density at radius 1 is 1.24 bits per heavy atom. The maximum atomic E-state index is 11.8. The fourth-order valence-corrected chi connectivity index (χ4v) is 1.98. The summed E-state index contributed by atoms with van der Waals surface area (Å²) in [7, 11) is 3.27. The third-order valence-corrected chi connectivity index (χ3v) is 2.80. The molecule has 0 aromatic heterocycles. The van der Waals surface area contributed by atoms with E-state index in [1.165, 1.54) is 0 Å². The summed E-state index contributed by atoms with van der Waals surface area (Å²) in [4.78, 5) is 11.8. The van der Waals surface area contributed by atoms with Gasteiger partial charge in [-0.3, -0.25) is 4.79 Å². The van der Waals surface area contributed by atoms with Crippen molar-refractivity contribution in [1.82, 2.24) is 5.32 Å². The molecule has 17 heavy (non-hydrogen) atoms. The number of methoxy groups -OCH3 is 1. The van der Waals surface area contributed by atoms with Gasteiger partial charge in [0.15, 0.2) is 0 Å². The number of nitrogens with one attached hydrogen (secondary N) is 1. The molecule has 0 unspecified atom stereocenters. The van der Waals surface area contributed by atoms with Crippen LogP contribution >= 0.6 is 0 Å². The average molecular weight is 229 g/mol. The summed E-state index contributed by atoms with van der Waals surface area (Å²) in [5.41, 5.74) is 1.61. The largest absolute Gasteiger partial charge is 0.380 e. The Labute approximate surface area is 100 Å². The summed E-state index contributed by atoms with van der Waals surface area (Å²) >= 11 is 0.